The lowest BCUT2D eigenvalue weighted by Gasteiger charge is -2.23. The van der Waals surface area contributed by atoms with Crippen molar-refractivity contribution in [3.63, 3.8) is 0 Å². The molecular formula is C18H30N2O3. The number of carbonyl (C=O) groups excluding carboxylic acids is 1. The molecule has 5 nitrogen and oxygen atoms in total. The first-order valence-electron chi connectivity index (χ1n) is 7.96. The first-order valence-corrected chi connectivity index (χ1v) is 7.96. The molecule has 0 aliphatic carbocycles. The van der Waals surface area contributed by atoms with Gasteiger partial charge in [0.05, 0.1) is 5.60 Å². The van der Waals surface area contributed by atoms with Crippen molar-refractivity contribution in [2.75, 3.05) is 19.0 Å². The Morgan fingerprint density at radius 1 is 1.17 bits per heavy atom. The van der Waals surface area contributed by atoms with Gasteiger partial charge in [-0.1, -0.05) is 12.1 Å². The van der Waals surface area contributed by atoms with Crippen molar-refractivity contribution in [1.82, 2.24) is 5.32 Å². The number of methoxy groups -OCH3 is 1. The average molecular weight is 322 g/mol. The first-order chi connectivity index (χ1) is 10.6. The number of hydrogen-bond acceptors (Lipinski definition) is 4. The highest BCUT2D eigenvalue weighted by atomic mass is 16.6. The summed E-state index contributed by atoms with van der Waals surface area (Å²) in [6.07, 6.45) is 0.502. The molecule has 5 heteroatoms. The Hall–Kier alpha value is -1.75. The molecule has 130 valence electrons. The summed E-state index contributed by atoms with van der Waals surface area (Å²) in [6, 6.07) is 7.98. The molecule has 0 spiro atoms. The molecule has 1 aromatic rings. The summed E-state index contributed by atoms with van der Waals surface area (Å²) < 4.78 is 10.6. The van der Waals surface area contributed by atoms with Crippen LogP contribution in [0.15, 0.2) is 24.3 Å². The molecule has 0 aliphatic heterocycles. The lowest BCUT2D eigenvalue weighted by Crippen LogP contribution is -2.32. The van der Waals surface area contributed by atoms with Crippen LogP contribution in [0.4, 0.5) is 10.5 Å². The third-order valence-electron chi connectivity index (χ3n) is 3.37. The minimum absolute atomic E-state index is 0.136. The van der Waals surface area contributed by atoms with Crippen molar-refractivity contribution in [2.24, 2.45) is 0 Å². The molecule has 0 radical (unpaired) electrons. The van der Waals surface area contributed by atoms with Crippen LogP contribution in [0.1, 0.15) is 46.6 Å². The van der Waals surface area contributed by atoms with E-state index in [4.69, 9.17) is 9.47 Å². The van der Waals surface area contributed by atoms with Crippen molar-refractivity contribution in [3.05, 3.63) is 29.8 Å². The van der Waals surface area contributed by atoms with E-state index >= 15 is 0 Å². The van der Waals surface area contributed by atoms with Gasteiger partial charge in [-0.05, 0) is 58.7 Å². The highest BCUT2D eigenvalue weighted by Gasteiger charge is 2.16. The maximum absolute atomic E-state index is 11.7. The summed E-state index contributed by atoms with van der Waals surface area (Å²) in [4.78, 5) is 11.7. The SMILES string of the molecule is COC(C)(C)CCNc1cccc(CNC(=O)OC(C)(C)C)c1. The van der Waals surface area contributed by atoms with E-state index in [-0.39, 0.29) is 5.60 Å². The third-order valence-corrected chi connectivity index (χ3v) is 3.37. The van der Waals surface area contributed by atoms with E-state index in [1.807, 2.05) is 45.0 Å². The summed E-state index contributed by atoms with van der Waals surface area (Å²) in [5.41, 5.74) is 1.43. The number of rotatable bonds is 7. The third kappa shape index (κ3) is 8.45. The average Bonchev–Trinajstić information content (AvgIpc) is 2.44. The van der Waals surface area contributed by atoms with Crippen LogP contribution in [0, 0.1) is 0 Å². The van der Waals surface area contributed by atoms with Gasteiger partial charge in [0.25, 0.3) is 0 Å². The molecule has 1 aromatic carbocycles. The van der Waals surface area contributed by atoms with Gasteiger partial charge in [-0.15, -0.1) is 0 Å². The van der Waals surface area contributed by atoms with Crippen LogP contribution in [0.3, 0.4) is 0 Å². The van der Waals surface area contributed by atoms with Gasteiger partial charge < -0.3 is 20.1 Å². The van der Waals surface area contributed by atoms with Gasteiger partial charge in [0, 0.05) is 25.9 Å². The minimum Gasteiger partial charge on any atom is -0.444 e. The maximum Gasteiger partial charge on any atom is 0.407 e. The fraction of sp³-hybridized carbons (Fsp3) is 0.611. The van der Waals surface area contributed by atoms with Gasteiger partial charge in [0.2, 0.25) is 0 Å². The fourth-order valence-corrected chi connectivity index (χ4v) is 1.89. The Balaban J connectivity index is 2.46. The Morgan fingerprint density at radius 3 is 2.48 bits per heavy atom. The second kappa shape index (κ2) is 8.20. The van der Waals surface area contributed by atoms with Crippen LogP contribution in [-0.2, 0) is 16.0 Å². The molecule has 1 amide bonds. The normalized spacial score (nSPS) is 11.9. The van der Waals surface area contributed by atoms with E-state index in [2.05, 4.69) is 24.5 Å². The summed E-state index contributed by atoms with van der Waals surface area (Å²) >= 11 is 0. The van der Waals surface area contributed by atoms with E-state index in [0.717, 1.165) is 24.2 Å². The molecule has 0 bridgehead atoms. The van der Waals surface area contributed by atoms with E-state index < -0.39 is 11.7 Å². The zero-order valence-electron chi connectivity index (χ0n) is 15.2. The number of hydrogen-bond donors (Lipinski definition) is 2. The molecule has 0 saturated carbocycles. The summed E-state index contributed by atoms with van der Waals surface area (Å²) in [7, 11) is 1.73. The summed E-state index contributed by atoms with van der Waals surface area (Å²) in [5, 5.41) is 6.14. The summed E-state index contributed by atoms with van der Waals surface area (Å²) in [5.74, 6) is 0. The molecule has 23 heavy (non-hydrogen) atoms. The van der Waals surface area contributed by atoms with Crippen LogP contribution in [0.2, 0.25) is 0 Å². The van der Waals surface area contributed by atoms with Gasteiger partial charge in [-0.3, -0.25) is 0 Å². The molecule has 0 saturated heterocycles. The first kappa shape index (κ1) is 19.3. The highest BCUT2D eigenvalue weighted by molar-refractivity contribution is 5.67. The van der Waals surface area contributed by atoms with Crippen LogP contribution >= 0.6 is 0 Å². The van der Waals surface area contributed by atoms with Gasteiger partial charge in [0.15, 0.2) is 0 Å². The Kier molecular flexibility index (Phi) is 6.88. The fourth-order valence-electron chi connectivity index (χ4n) is 1.89. The van der Waals surface area contributed by atoms with E-state index in [1.165, 1.54) is 0 Å². The highest BCUT2D eigenvalue weighted by Crippen LogP contribution is 2.15. The predicted molar refractivity (Wildman–Crippen MR) is 93.7 cm³/mol. The van der Waals surface area contributed by atoms with Gasteiger partial charge in [0.1, 0.15) is 5.60 Å². The molecule has 0 aromatic heterocycles. The Morgan fingerprint density at radius 2 is 1.87 bits per heavy atom. The second-order valence-electron chi connectivity index (χ2n) is 7.20. The zero-order chi connectivity index (χ0) is 17.5. The number of nitrogens with one attached hydrogen (secondary N) is 2. The monoisotopic (exact) mass is 322 g/mol. The van der Waals surface area contributed by atoms with Gasteiger partial charge in [-0.2, -0.15) is 0 Å². The second-order valence-corrected chi connectivity index (χ2v) is 7.20. The Bertz CT molecular complexity index is 507. The molecular weight excluding hydrogens is 292 g/mol. The van der Waals surface area contributed by atoms with Crippen LogP contribution in [0.5, 0.6) is 0 Å². The minimum atomic E-state index is -0.484. The van der Waals surface area contributed by atoms with E-state index in [1.54, 1.807) is 7.11 Å². The van der Waals surface area contributed by atoms with E-state index in [0.29, 0.717) is 6.54 Å². The molecule has 0 heterocycles. The molecule has 0 aliphatic rings. The number of benzene rings is 1. The number of alkyl carbamates (subject to hydrolysis) is 1. The van der Waals surface area contributed by atoms with Crippen LogP contribution in [-0.4, -0.2) is 30.9 Å². The number of amides is 1. The van der Waals surface area contributed by atoms with Crippen molar-refractivity contribution in [2.45, 2.75) is 58.8 Å². The molecule has 1 rings (SSSR count). The Labute approximate surface area is 139 Å². The van der Waals surface area contributed by atoms with E-state index in [9.17, 15) is 4.79 Å². The lowest BCUT2D eigenvalue weighted by atomic mass is 10.1. The largest absolute Gasteiger partial charge is 0.444 e. The lowest BCUT2D eigenvalue weighted by molar-refractivity contribution is 0.0185. The molecule has 0 atom stereocenters. The summed E-state index contributed by atoms with van der Waals surface area (Å²) in [6.45, 7) is 10.9. The molecule has 0 fully saturated rings. The molecule has 2 N–H and O–H groups in total. The van der Waals surface area contributed by atoms with Crippen molar-refractivity contribution < 1.29 is 14.3 Å². The predicted octanol–water partition coefficient (Wildman–Crippen LogP) is 3.94. The number of carbonyl (C=O) groups is 1. The maximum atomic E-state index is 11.7. The van der Waals surface area contributed by atoms with Gasteiger partial charge in [-0.25, -0.2) is 4.79 Å². The topological polar surface area (TPSA) is 59.6 Å². The number of anilines is 1. The van der Waals surface area contributed by atoms with Crippen LogP contribution < -0.4 is 10.6 Å². The van der Waals surface area contributed by atoms with Crippen molar-refractivity contribution in [1.29, 1.82) is 0 Å². The quantitative estimate of drug-likeness (QED) is 0.798. The zero-order valence-corrected chi connectivity index (χ0v) is 15.2. The van der Waals surface area contributed by atoms with Crippen molar-refractivity contribution >= 4 is 11.8 Å². The smallest absolute Gasteiger partial charge is 0.407 e. The van der Waals surface area contributed by atoms with Crippen molar-refractivity contribution in [3.8, 4) is 0 Å². The number of ether oxygens (including phenoxy) is 2. The standard InChI is InChI=1S/C18H30N2O3/c1-17(2,3)23-16(21)20-13-14-8-7-9-15(12-14)19-11-10-18(4,5)22-6/h7-9,12,19H,10-11,13H2,1-6H3,(H,20,21). The molecule has 0 unspecified atom stereocenters. The van der Waals surface area contributed by atoms with Gasteiger partial charge >= 0.3 is 6.09 Å². The van der Waals surface area contributed by atoms with Crippen LogP contribution in [0.25, 0.3) is 0 Å².